The van der Waals surface area contributed by atoms with Crippen LogP contribution in [0.3, 0.4) is 0 Å². The number of alkyl halides is 2. The van der Waals surface area contributed by atoms with Gasteiger partial charge in [-0.05, 0) is 55.2 Å². The minimum Gasteiger partial charge on any atom is -0.326 e. The van der Waals surface area contributed by atoms with Crippen molar-refractivity contribution in [2.24, 2.45) is 5.92 Å². The lowest BCUT2D eigenvalue weighted by Crippen LogP contribution is -2.19. The Kier molecular flexibility index (Phi) is 8.67. The highest BCUT2D eigenvalue weighted by molar-refractivity contribution is 7.98. The van der Waals surface area contributed by atoms with Crippen LogP contribution in [-0.2, 0) is 9.59 Å². The summed E-state index contributed by atoms with van der Waals surface area (Å²) in [6.45, 7) is 0. The molecule has 2 aromatic carbocycles. The minimum absolute atomic E-state index is 0.0378. The van der Waals surface area contributed by atoms with Gasteiger partial charge in [-0.15, -0.1) is 23.2 Å². The van der Waals surface area contributed by atoms with E-state index in [9.17, 15) is 23.2 Å². The monoisotopic (exact) mass is 549 g/mol. The van der Waals surface area contributed by atoms with Gasteiger partial charge in [-0.1, -0.05) is 11.6 Å². The number of rotatable bonds is 9. The molecule has 12 heteroatoms. The summed E-state index contributed by atoms with van der Waals surface area (Å²) in [5.41, 5.74) is -0.824. The number of carbonyl (C=O) groups is 3. The number of hydrogen-bond donors (Lipinski definition) is 3. The second-order valence-electron chi connectivity index (χ2n) is 7.58. The molecular weight excluding hydrogens is 531 g/mol. The number of thioether (sulfide) groups is 1. The average molecular weight is 551 g/mol. The van der Waals surface area contributed by atoms with Gasteiger partial charge < -0.3 is 16.0 Å². The van der Waals surface area contributed by atoms with E-state index in [-0.39, 0.29) is 28.4 Å². The molecule has 6 nitrogen and oxygen atoms in total. The molecule has 34 heavy (non-hydrogen) atoms. The third-order valence-corrected chi connectivity index (χ3v) is 6.84. The number of amides is 3. The van der Waals surface area contributed by atoms with Crippen molar-refractivity contribution in [3.05, 3.63) is 52.6 Å². The van der Waals surface area contributed by atoms with Gasteiger partial charge in [0.25, 0.3) is 5.91 Å². The summed E-state index contributed by atoms with van der Waals surface area (Å²) in [6, 6.07) is 6.12. The summed E-state index contributed by atoms with van der Waals surface area (Å²) in [5, 5.41) is 7.16. The predicted octanol–water partition coefficient (Wildman–Crippen LogP) is 6.08. The fourth-order valence-electron chi connectivity index (χ4n) is 3.04. The van der Waals surface area contributed by atoms with Gasteiger partial charge in [-0.2, -0.15) is 11.8 Å². The first-order valence-corrected chi connectivity index (χ1v) is 12.6. The topological polar surface area (TPSA) is 87.3 Å². The van der Waals surface area contributed by atoms with Gasteiger partial charge in [0, 0.05) is 12.1 Å². The van der Waals surface area contributed by atoms with Crippen LogP contribution < -0.4 is 16.0 Å². The van der Waals surface area contributed by atoms with Gasteiger partial charge in [0.2, 0.25) is 11.8 Å². The summed E-state index contributed by atoms with van der Waals surface area (Å²) in [5.74, 6) is -3.73. The second-order valence-corrected chi connectivity index (χ2v) is 10.5. The Labute approximate surface area is 214 Å². The number of nitrogens with one attached hydrogen (secondary N) is 3. The van der Waals surface area contributed by atoms with Crippen molar-refractivity contribution in [1.82, 2.24) is 0 Å². The summed E-state index contributed by atoms with van der Waals surface area (Å²) in [4.78, 5) is 37.0. The predicted molar refractivity (Wildman–Crippen MR) is 133 cm³/mol. The zero-order valence-electron chi connectivity index (χ0n) is 17.8. The third kappa shape index (κ3) is 6.53. The largest absolute Gasteiger partial charge is 0.326 e. The van der Waals surface area contributed by atoms with E-state index in [0.717, 1.165) is 17.9 Å². The number of hydrogen-bond acceptors (Lipinski definition) is 4. The van der Waals surface area contributed by atoms with E-state index in [1.807, 2.05) is 6.26 Å². The molecule has 0 aromatic heterocycles. The maximum atomic E-state index is 14.9. The van der Waals surface area contributed by atoms with Crippen molar-refractivity contribution < 1.29 is 23.2 Å². The highest BCUT2D eigenvalue weighted by Gasteiger charge is 2.56. The molecule has 0 heterocycles. The molecular formula is C22H20Cl3F2N3O3S. The molecule has 1 unspecified atom stereocenters. The van der Waals surface area contributed by atoms with Gasteiger partial charge in [0.05, 0.1) is 22.2 Å². The minimum atomic E-state index is -1.14. The first-order chi connectivity index (χ1) is 16.0. The summed E-state index contributed by atoms with van der Waals surface area (Å²) >= 11 is 19.5. The Balaban J connectivity index is 1.74. The lowest BCUT2D eigenvalue weighted by molar-refractivity contribution is -0.117. The zero-order chi connectivity index (χ0) is 25.0. The Morgan fingerprint density at radius 2 is 1.82 bits per heavy atom. The molecule has 182 valence electrons. The van der Waals surface area contributed by atoms with Gasteiger partial charge in [0.15, 0.2) is 5.82 Å². The molecule has 1 saturated carbocycles. The summed E-state index contributed by atoms with van der Waals surface area (Å²) in [6.07, 6.45) is 2.84. The van der Waals surface area contributed by atoms with E-state index >= 15 is 0 Å². The van der Waals surface area contributed by atoms with Crippen molar-refractivity contribution in [2.75, 3.05) is 28.0 Å². The van der Waals surface area contributed by atoms with Crippen molar-refractivity contribution in [2.45, 2.75) is 23.6 Å². The fraction of sp³-hybridized carbons (Fsp3) is 0.318. The van der Waals surface area contributed by atoms with Crippen molar-refractivity contribution in [3.63, 3.8) is 0 Å². The molecule has 0 saturated heterocycles. The molecule has 1 aliphatic rings. The Morgan fingerprint density at radius 3 is 2.47 bits per heavy atom. The summed E-state index contributed by atoms with van der Waals surface area (Å²) in [7, 11) is 0. The highest BCUT2D eigenvalue weighted by atomic mass is 35.5. The molecule has 0 radical (unpaired) electrons. The molecule has 1 fully saturated rings. The van der Waals surface area contributed by atoms with E-state index in [0.29, 0.717) is 12.8 Å². The van der Waals surface area contributed by atoms with Gasteiger partial charge >= 0.3 is 0 Å². The van der Waals surface area contributed by atoms with Crippen molar-refractivity contribution >= 4 is 81.3 Å². The second kappa shape index (κ2) is 11.1. The van der Waals surface area contributed by atoms with Crippen LogP contribution in [0.4, 0.5) is 25.8 Å². The molecule has 3 amide bonds. The van der Waals surface area contributed by atoms with Crippen LogP contribution in [0.15, 0.2) is 30.3 Å². The Morgan fingerprint density at radius 1 is 1.12 bits per heavy atom. The maximum absolute atomic E-state index is 14.9. The average Bonchev–Trinajstić information content (AvgIpc) is 3.43. The van der Waals surface area contributed by atoms with Crippen LogP contribution in [0.2, 0.25) is 5.02 Å². The van der Waals surface area contributed by atoms with E-state index < -0.39 is 45.3 Å². The molecule has 2 aromatic rings. The van der Waals surface area contributed by atoms with Gasteiger partial charge in [-0.3, -0.25) is 14.4 Å². The normalized spacial score (nSPS) is 16.0. The molecule has 0 spiro atoms. The zero-order valence-corrected chi connectivity index (χ0v) is 20.9. The Bertz CT molecular complexity index is 1130. The number of benzene rings is 2. The SMILES string of the molecule is CSCCCC(=O)Nc1c(F)ccc(NC(=O)c2cc(NC(=O)C3CC3(Cl)Cl)ccc2Cl)c1F. The lowest BCUT2D eigenvalue weighted by Gasteiger charge is -2.13. The molecule has 3 rings (SSSR count). The molecule has 0 bridgehead atoms. The van der Waals surface area contributed by atoms with Crippen LogP contribution >= 0.6 is 46.6 Å². The van der Waals surface area contributed by atoms with Crippen LogP contribution in [0.25, 0.3) is 0 Å². The Hall–Kier alpha value is -2.07. The lowest BCUT2D eigenvalue weighted by atomic mass is 10.1. The van der Waals surface area contributed by atoms with E-state index in [4.69, 9.17) is 34.8 Å². The first kappa shape index (κ1) is 26.5. The third-order valence-electron chi connectivity index (χ3n) is 4.98. The first-order valence-electron chi connectivity index (χ1n) is 10.1. The van der Waals surface area contributed by atoms with E-state index in [1.54, 1.807) is 11.8 Å². The van der Waals surface area contributed by atoms with Gasteiger partial charge in [-0.25, -0.2) is 8.78 Å². The molecule has 3 N–H and O–H groups in total. The van der Waals surface area contributed by atoms with Crippen LogP contribution in [0.1, 0.15) is 29.6 Å². The molecule has 0 aliphatic heterocycles. The van der Waals surface area contributed by atoms with E-state index in [1.165, 1.54) is 18.2 Å². The highest BCUT2D eigenvalue weighted by Crippen LogP contribution is 2.53. The van der Waals surface area contributed by atoms with Crippen LogP contribution in [-0.4, -0.2) is 34.1 Å². The molecule has 1 atom stereocenters. The van der Waals surface area contributed by atoms with Crippen LogP contribution in [0, 0.1) is 17.6 Å². The quantitative estimate of drug-likeness (QED) is 0.261. The van der Waals surface area contributed by atoms with Gasteiger partial charge in [0.1, 0.15) is 15.8 Å². The number of anilines is 3. The van der Waals surface area contributed by atoms with E-state index in [2.05, 4.69) is 16.0 Å². The fourth-order valence-corrected chi connectivity index (χ4v) is 4.18. The molecule has 1 aliphatic carbocycles. The van der Waals surface area contributed by atoms with Crippen molar-refractivity contribution in [3.8, 4) is 0 Å². The maximum Gasteiger partial charge on any atom is 0.257 e. The summed E-state index contributed by atoms with van der Waals surface area (Å²) < 4.78 is 27.9. The number of halogens is 5. The standard InChI is InChI=1S/C22H20Cl3F2N3O3S/c1-34-8-2-3-17(31)30-19-15(26)6-7-16(18(19)27)29-20(32)12-9-11(4-5-14(12)23)28-21(33)13-10-22(13,24)25/h4-7,9,13H,2-3,8,10H2,1H3,(H,28,33)(H,29,32)(H,30,31). The number of carbonyl (C=O) groups excluding carboxylic acids is 3. The smallest absolute Gasteiger partial charge is 0.257 e. The van der Waals surface area contributed by atoms with Crippen LogP contribution in [0.5, 0.6) is 0 Å². The van der Waals surface area contributed by atoms with Crippen molar-refractivity contribution in [1.29, 1.82) is 0 Å².